The molecule has 2 nitrogen and oxygen atoms in total. The highest BCUT2D eigenvalue weighted by Crippen LogP contribution is 2.45. The van der Waals surface area contributed by atoms with Crippen LogP contribution in [0.5, 0.6) is 0 Å². The minimum absolute atomic E-state index is 0.0554. The van der Waals surface area contributed by atoms with Crippen molar-refractivity contribution < 1.29 is 9.22 Å². The van der Waals surface area contributed by atoms with Crippen molar-refractivity contribution in [2.24, 2.45) is 5.41 Å². The monoisotopic (exact) mass is 336 g/mol. The molecule has 0 bridgehead atoms. The zero-order valence-corrected chi connectivity index (χ0v) is 17.7. The van der Waals surface area contributed by atoms with Crippen LogP contribution in [-0.4, -0.2) is 20.2 Å². The van der Waals surface area contributed by atoms with Crippen LogP contribution < -0.4 is 0 Å². The average molecular weight is 337 g/mol. The summed E-state index contributed by atoms with van der Waals surface area (Å²) in [7, 11) is -1.74. The molecule has 0 aliphatic heterocycles. The van der Waals surface area contributed by atoms with E-state index in [4.69, 9.17) is 4.43 Å². The van der Waals surface area contributed by atoms with E-state index >= 15 is 0 Å². The Morgan fingerprint density at radius 2 is 1.91 bits per heavy atom. The number of hydrogen-bond acceptors (Lipinski definition) is 2. The van der Waals surface area contributed by atoms with Gasteiger partial charge in [0.25, 0.3) is 0 Å². The first kappa shape index (κ1) is 20.4. The van der Waals surface area contributed by atoms with E-state index in [9.17, 15) is 4.79 Å². The fourth-order valence-electron chi connectivity index (χ4n) is 3.12. The predicted molar refractivity (Wildman–Crippen MR) is 102 cm³/mol. The highest BCUT2D eigenvalue weighted by molar-refractivity contribution is 6.74. The van der Waals surface area contributed by atoms with E-state index in [0.29, 0.717) is 12.5 Å². The Balaban J connectivity index is 2.98. The molecule has 1 rings (SSSR count). The Labute approximate surface area is 144 Å². The number of ketones is 1. The van der Waals surface area contributed by atoms with Crippen molar-refractivity contribution in [3.63, 3.8) is 0 Å². The van der Waals surface area contributed by atoms with Crippen molar-refractivity contribution in [2.75, 3.05) is 0 Å². The van der Waals surface area contributed by atoms with Gasteiger partial charge in [0.2, 0.25) is 0 Å². The summed E-state index contributed by atoms with van der Waals surface area (Å²) in [5.74, 6) is 0.195. The normalized spacial score (nSPS) is 22.7. The fraction of sp³-hybridized carbons (Fsp3) is 0.750. The third kappa shape index (κ3) is 5.15. The molecule has 0 N–H and O–H groups in total. The maximum atomic E-state index is 11.6. The molecule has 0 spiro atoms. The first-order chi connectivity index (χ1) is 10.3. The predicted octanol–water partition coefficient (Wildman–Crippen LogP) is 6.05. The van der Waals surface area contributed by atoms with E-state index in [1.165, 1.54) is 11.1 Å². The van der Waals surface area contributed by atoms with Crippen molar-refractivity contribution in [3.05, 3.63) is 23.3 Å². The van der Waals surface area contributed by atoms with Gasteiger partial charge in [0.05, 0.1) is 0 Å². The molecule has 0 aromatic heterocycles. The Morgan fingerprint density at radius 1 is 1.35 bits per heavy atom. The SMILES string of the molecule is CCC(=O)/C=C/C1=C(C)CC(O[Si](C)(C)C(C)(C)C)CC1(C)C. The Bertz CT molecular complexity index is 504. The number of allylic oxidation sites excluding steroid dienone is 3. The smallest absolute Gasteiger partial charge is 0.192 e. The van der Waals surface area contributed by atoms with Gasteiger partial charge in [-0.2, -0.15) is 0 Å². The van der Waals surface area contributed by atoms with Gasteiger partial charge in [-0.25, -0.2) is 0 Å². The van der Waals surface area contributed by atoms with Gasteiger partial charge in [-0.15, -0.1) is 0 Å². The standard InChI is InChI=1S/C20H36O2Si/c1-10-16(21)11-12-18-15(2)13-17(14-20(18,6)7)22-23(8,9)19(3,4)5/h11-12,17H,10,13-14H2,1-9H3/b12-11+. The highest BCUT2D eigenvalue weighted by Gasteiger charge is 2.42. The second-order valence-electron chi connectivity index (χ2n) is 9.14. The molecule has 0 aromatic rings. The van der Waals surface area contributed by atoms with Crippen molar-refractivity contribution in [3.8, 4) is 0 Å². The van der Waals surface area contributed by atoms with Crippen LogP contribution in [0.25, 0.3) is 0 Å². The van der Waals surface area contributed by atoms with Crippen molar-refractivity contribution in [2.45, 2.75) is 92.0 Å². The third-order valence-corrected chi connectivity index (χ3v) is 10.0. The molecule has 3 heteroatoms. The number of carbonyl (C=O) groups is 1. The van der Waals surface area contributed by atoms with E-state index in [1.807, 2.05) is 13.0 Å². The molecule has 1 aliphatic rings. The molecule has 0 fully saturated rings. The topological polar surface area (TPSA) is 26.3 Å². The largest absolute Gasteiger partial charge is 0.414 e. The molecule has 1 aliphatic carbocycles. The highest BCUT2D eigenvalue weighted by atomic mass is 28.4. The van der Waals surface area contributed by atoms with Crippen molar-refractivity contribution in [1.29, 1.82) is 0 Å². The molecule has 0 saturated carbocycles. The summed E-state index contributed by atoms with van der Waals surface area (Å²) in [6.45, 7) is 20.2. The fourth-order valence-corrected chi connectivity index (χ4v) is 4.47. The number of hydrogen-bond donors (Lipinski definition) is 0. The van der Waals surface area contributed by atoms with E-state index < -0.39 is 8.32 Å². The van der Waals surface area contributed by atoms with Crippen LogP contribution in [0.1, 0.15) is 67.7 Å². The maximum Gasteiger partial charge on any atom is 0.192 e. The Morgan fingerprint density at radius 3 is 2.35 bits per heavy atom. The molecule has 0 saturated heterocycles. The van der Waals surface area contributed by atoms with Crippen LogP contribution in [0.4, 0.5) is 0 Å². The summed E-state index contributed by atoms with van der Waals surface area (Å²) in [5, 5.41) is 0.239. The van der Waals surface area contributed by atoms with Gasteiger partial charge in [0.1, 0.15) is 0 Å². The van der Waals surface area contributed by atoms with Crippen LogP contribution in [0.15, 0.2) is 23.3 Å². The number of rotatable bonds is 5. The van der Waals surface area contributed by atoms with Crippen LogP contribution in [-0.2, 0) is 9.22 Å². The van der Waals surface area contributed by atoms with Gasteiger partial charge in [-0.05, 0) is 55.0 Å². The van der Waals surface area contributed by atoms with Crippen LogP contribution >= 0.6 is 0 Å². The lowest BCUT2D eigenvalue weighted by Gasteiger charge is -2.44. The Hall–Kier alpha value is -0.673. The molecule has 0 heterocycles. The van der Waals surface area contributed by atoms with Gasteiger partial charge in [0, 0.05) is 12.5 Å². The van der Waals surface area contributed by atoms with Crippen LogP contribution in [0, 0.1) is 5.41 Å². The van der Waals surface area contributed by atoms with Crippen molar-refractivity contribution >= 4 is 14.1 Å². The zero-order valence-electron chi connectivity index (χ0n) is 16.7. The van der Waals surface area contributed by atoms with Gasteiger partial charge in [0.15, 0.2) is 14.1 Å². The summed E-state index contributed by atoms with van der Waals surface area (Å²) in [4.78, 5) is 11.6. The van der Waals surface area contributed by atoms with Gasteiger partial charge >= 0.3 is 0 Å². The summed E-state index contributed by atoms with van der Waals surface area (Å²) in [6, 6.07) is 0. The molecule has 1 atom stereocenters. The van der Waals surface area contributed by atoms with Gasteiger partial charge < -0.3 is 4.43 Å². The molecule has 132 valence electrons. The summed E-state index contributed by atoms with van der Waals surface area (Å²) >= 11 is 0. The molecule has 0 aromatic carbocycles. The van der Waals surface area contributed by atoms with Crippen LogP contribution in [0.3, 0.4) is 0 Å². The van der Waals surface area contributed by atoms with Gasteiger partial charge in [-0.1, -0.05) is 53.2 Å². The van der Waals surface area contributed by atoms with Gasteiger partial charge in [-0.3, -0.25) is 4.79 Å². The minimum Gasteiger partial charge on any atom is -0.414 e. The summed E-state index contributed by atoms with van der Waals surface area (Å²) in [6.07, 6.45) is 6.66. The lowest BCUT2D eigenvalue weighted by Crippen LogP contribution is -2.46. The van der Waals surface area contributed by atoms with E-state index in [-0.39, 0.29) is 16.2 Å². The van der Waals surface area contributed by atoms with E-state index in [2.05, 4.69) is 54.6 Å². The van der Waals surface area contributed by atoms with E-state index in [0.717, 1.165) is 12.8 Å². The average Bonchev–Trinajstić information content (AvgIpc) is 2.34. The summed E-state index contributed by atoms with van der Waals surface area (Å²) < 4.78 is 6.66. The first-order valence-corrected chi connectivity index (χ1v) is 11.8. The molecular formula is C20H36O2Si. The van der Waals surface area contributed by atoms with E-state index in [1.54, 1.807) is 6.08 Å². The lowest BCUT2D eigenvalue weighted by molar-refractivity contribution is -0.114. The quantitative estimate of drug-likeness (QED) is 0.451. The Kier molecular flexibility index (Phi) is 6.25. The molecule has 0 amide bonds. The second kappa shape index (κ2) is 7.06. The molecule has 1 unspecified atom stereocenters. The second-order valence-corrected chi connectivity index (χ2v) is 13.9. The number of carbonyl (C=O) groups excluding carboxylic acids is 1. The van der Waals surface area contributed by atoms with Crippen molar-refractivity contribution in [1.82, 2.24) is 0 Å². The minimum atomic E-state index is -1.74. The lowest BCUT2D eigenvalue weighted by atomic mass is 9.71. The molecule has 0 radical (unpaired) electrons. The first-order valence-electron chi connectivity index (χ1n) is 8.89. The summed E-state index contributed by atoms with van der Waals surface area (Å²) in [5.41, 5.74) is 2.74. The third-order valence-electron chi connectivity index (χ3n) is 5.51. The molecular weight excluding hydrogens is 300 g/mol. The zero-order chi connectivity index (χ0) is 18.1. The molecule has 23 heavy (non-hydrogen) atoms. The van der Waals surface area contributed by atoms with Crippen LogP contribution in [0.2, 0.25) is 18.1 Å². The maximum absolute atomic E-state index is 11.6.